The van der Waals surface area contributed by atoms with Gasteiger partial charge in [-0.25, -0.2) is 0 Å². The molecule has 0 aliphatic rings. The molecule has 0 aliphatic carbocycles. The molecular weight excluding hydrogens is 163 g/mol. The van der Waals surface area contributed by atoms with E-state index in [1.165, 1.54) is 0 Å². The van der Waals surface area contributed by atoms with E-state index in [-0.39, 0.29) is 4.70 Å². The van der Waals surface area contributed by atoms with Crippen LogP contribution in [0.25, 0.3) is 0 Å². The molecule has 0 saturated carbocycles. The SMILES string of the molecule is F.[Cl][GeH2][Cl]. The summed E-state index contributed by atoms with van der Waals surface area (Å²) in [6, 6.07) is 0. The van der Waals surface area contributed by atoms with Crippen LogP contribution < -0.4 is 0 Å². The molecule has 0 bridgehead atoms. The number of hydrogen-bond acceptors (Lipinski definition) is 0. The van der Waals surface area contributed by atoms with E-state index in [0.717, 1.165) is 0 Å². The van der Waals surface area contributed by atoms with Gasteiger partial charge in [-0.1, -0.05) is 0 Å². The average molecular weight is 166 g/mol. The molecule has 0 unspecified atom stereocenters. The summed E-state index contributed by atoms with van der Waals surface area (Å²) in [6.45, 7) is 0. The Kier molecular flexibility index (Phi) is 20.0. The van der Waals surface area contributed by atoms with Crippen LogP contribution in [0.2, 0.25) is 0 Å². The van der Waals surface area contributed by atoms with Crippen molar-refractivity contribution in [3.05, 3.63) is 0 Å². The maximum absolute atomic E-state index is 4.95. The number of rotatable bonds is 0. The van der Waals surface area contributed by atoms with Crippen molar-refractivity contribution < 1.29 is 4.70 Å². The van der Waals surface area contributed by atoms with Gasteiger partial charge in [0, 0.05) is 0 Å². The Labute approximate surface area is 38.7 Å². The number of hydrogen-bond donors (Lipinski definition) is 0. The Bertz CT molecular complexity index is 6.00. The third kappa shape index (κ3) is 11.6. The van der Waals surface area contributed by atoms with E-state index in [1.54, 1.807) is 0 Å². The van der Waals surface area contributed by atoms with Crippen LogP contribution in [0.3, 0.4) is 0 Å². The zero-order chi connectivity index (χ0) is 2.71. The van der Waals surface area contributed by atoms with Crippen molar-refractivity contribution in [2.45, 2.75) is 0 Å². The van der Waals surface area contributed by atoms with Gasteiger partial charge in [0.05, 0.1) is 0 Å². The fraction of sp³-hybridized carbons (Fsp3) is 0. The molecule has 0 heterocycles. The van der Waals surface area contributed by atoms with Crippen molar-refractivity contribution in [3.8, 4) is 0 Å². The summed E-state index contributed by atoms with van der Waals surface area (Å²) in [5.41, 5.74) is 0. The Morgan fingerprint density at radius 1 is 1.25 bits per heavy atom. The van der Waals surface area contributed by atoms with Crippen molar-refractivity contribution >= 4 is 33.6 Å². The molecule has 0 aromatic rings. The minimum atomic E-state index is -0.931. The minimum absolute atomic E-state index is 0. The Hall–Kier alpha value is 1.05. The van der Waals surface area contributed by atoms with Gasteiger partial charge in [0.15, 0.2) is 0 Å². The second-order valence-corrected chi connectivity index (χ2v) is 4.72. The van der Waals surface area contributed by atoms with Gasteiger partial charge in [0.25, 0.3) is 0 Å². The second kappa shape index (κ2) is 8.96. The van der Waals surface area contributed by atoms with Crippen molar-refractivity contribution in [2.24, 2.45) is 0 Å². The Morgan fingerprint density at radius 2 is 1.25 bits per heavy atom. The summed E-state index contributed by atoms with van der Waals surface area (Å²) >= 11 is -0.931. The van der Waals surface area contributed by atoms with Gasteiger partial charge in [0.1, 0.15) is 0 Å². The summed E-state index contributed by atoms with van der Waals surface area (Å²) in [5, 5.41) is 0. The first-order valence-electron chi connectivity index (χ1n) is 0.535. The first kappa shape index (κ1) is 8.91. The molecule has 0 rings (SSSR count). The normalized spacial score (nSPS) is 4.50. The van der Waals surface area contributed by atoms with E-state index in [9.17, 15) is 0 Å². The van der Waals surface area contributed by atoms with Gasteiger partial charge in [-0.05, 0) is 0 Å². The van der Waals surface area contributed by atoms with Crippen molar-refractivity contribution in [3.63, 3.8) is 0 Å². The first-order valence-corrected chi connectivity index (χ1v) is 8.33. The van der Waals surface area contributed by atoms with Crippen LogP contribution in [-0.4, -0.2) is 13.6 Å². The third-order valence-electron chi connectivity index (χ3n) is 0. The van der Waals surface area contributed by atoms with Crippen LogP contribution in [0.4, 0.5) is 4.70 Å². The molecule has 0 aliphatic heterocycles. The molecule has 0 saturated heterocycles. The van der Waals surface area contributed by atoms with Crippen LogP contribution in [0.1, 0.15) is 0 Å². The summed E-state index contributed by atoms with van der Waals surface area (Å²) in [7, 11) is 9.90. The van der Waals surface area contributed by atoms with Crippen LogP contribution in [0, 0.1) is 0 Å². The molecule has 0 spiro atoms. The van der Waals surface area contributed by atoms with Gasteiger partial charge in [-0.2, -0.15) is 0 Å². The van der Waals surface area contributed by atoms with E-state index in [0.29, 0.717) is 0 Å². The van der Waals surface area contributed by atoms with Gasteiger partial charge in [-0.3, -0.25) is 4.70 Å². The summed E-state index contributed by atoms with van der Waals surface area (Å²) in [6.07, 6.45) is 0. The van der Waals surface area contributed by atoms with Gasteiger partial charge in [0.2, 0.25) is 0 Å². The predicted octanol–water partition coefficient (Wildman–Crippen LogP) is 0.615. The Balaban J connectivity index is 0. The molecule has 0 aromatic carbocycles. The van der Waals surface area contributed by atoms with Crippen LogP contribution in [0.5, 0.6) is 0 Å². The predicted molar refractivity (Wildman–Crippen MR) is 22.8 cm³/mol. The van der Waals surface area contributed by atoms with Crippen molar-refractivity contribution in [1.29, 1.82) is 0 Å². The average Bonchev–Trinajstić information content (AvgIpc) is 0.918. The van der Waals surface area contributed by atoms with E-state index >= 15 is 0 Å². The van der Waals surface area contributed by atoms with Crippen molar-refractivity contribution in [2.75, 3.05) is 0 Å². The molecule has 4 heavy (non-hydrogen) atoms. The summed E-state index contributed by atoms with van der Waals surface area (Å²) < 4.78 is 0. The standard InChI is InChI=1S/Cl2GeH2.FH/c1-3-2;/h3H2;1H. The Morgan fingerprint density at radius 3 is 1.25 bits per heavy atom. The van der Waals surface area contributed by atoms with Crippen LogP contribution in [-0.2, 0) is 0 Å². The van der Waals surface area contributed by atoms with E-state index in [1.807, 2.05) is 0 Å². The van der Waals surface area contributed by atoms with Gasteiger partial charge < -0.3 is 0 Å². The summed E-state index contributed by atoms with van der Waals surface area (Å²) in [5.74, 6) is 0. The quantitative estimate of drug-likeness (QED) is 0.462. The zero-order valence-electron chi connectivity index (χ0n) is 1.87. The molecule has 0 N–H and O–H groups in total. The fourth-order valence-electron chi connectivity index (χ4n) is 0. The van der Waals surface area contributed by atoms with E-state index in [2.05, 4.69) is 0 Å². The third-order valence-corrected chi connectivity index (χ3v) is 0. The van der Waals surface area contributed by atoms with Crippen molar-refractivity contribution in [1.82, 2.24) is 0 Å². The number of halogens is 3. The molecule has 0 radical (unpaired) electrons. The van der Waals surface area contributed by atoms with E-state index < -0.39 is 13.6 Å². The molecule has 0 aromatic heterocycles. The molecular formula is H3Cl2FGe. The van der Waals surface area contributed by atoms with Gasteiger partial charge in [-0.15, -0.1) is 0 Å². The van der Waals surface area contributed by atoms with Gasteiger partial charge >= 0.3 is 33.6 Å². The topological polar surface area (TPSA) is 0 Å². The maximum atomic E-state index is 4.95. The molecule has 0 fully saturated rings. The monoisotopic (exact) mass is 166 g/mol. The molecule has 0 atom stereocenters. The molecule has 0 nitrogen and oxygen atoms in total. The van der Waals surface area contributed by atoms with Crippen LogP contribution in [0.15, 0.2) is 0 Å². The summed E-state index contributed by atoms with van der Waals surface area (Å²) in [4.78, 5) is 0. The second-order valence-electron chi connectivity index (χ2n) is 0.101. The zero-order valence-corrected chi connectivity index (χ0v) is 6.35. The first-order chi connectivity index (χ1) is 1.41. The molecule has 4 heteroatoms. The molecule has 0 amide bonds. The van der Waals surface area contributed by atoms with Crippen LogP contribution >= 0.6 is 20.0 Å². The van der Waals surface area contributed by atoms with E-state index in [4.69, 9.17) is 20.0 Å². The molecule has 28 valence electrons. The fourth-order valence-corrected chi connectivity index (χ4v) is 0.